The number of aliphatic hydroxyl groups excluding tert-OH is 1. The van der Waals surface area contributed by atoms with Crippen molar-refractivity contribution in [2.24, 2.45) is 5.92 Å². The van der Waals surface area contributed by atoms with Crippen LogP contribution in [0, 0.1) is 5.92 Å². The number of benzene rings is 1. The molecule has 2 heteroatoms. The summed E-state index contributed by atoms with van der Waals surface area (Å²) < 4.78 is 0. The van der Waals surface area contributed by atoms with Gasteiger partial charge < -0.3 is 10.0 Å². The highest BCUT2D eigenvalue weighted by molar-refractivity contribution is 5.17. The van der Waals surface area contributed by atoms with E-state index in [2.05, 4.69) is 18.9 Å². The highest BCUT2D eigenvalue weighted by Crippen LogP contribution is 2.27. The summed E-state index contributed by atoms with van der Waals surface area (Å²) in [5.74, 6) is 0.883. The van der Waals surface area contributed by atoms with E-state index in [0.717, 1.165) is 18.0 Å². The largest absolute Gasteiger partial charge is 0.387 e. The molecule has 0 aromatic heterocycles. The van der Waals surface area contributed by atoms with Crippen molar-refractivity contribution in [2.45, 2.75) is 44.8 Å². The minimum atomic E-state index is -0.365. The molecule has 2 rings (SSSR count). The van der Waals surface area contributed by atoms with Gasteiger partial charge in [0.25, 0.3) is 0 Å². The van der Waals surface area contributed by atoms with Gasteiger partial charge >= 0.3 is 0 Å². The molecule has 0 heterocycles. The van der Waals surface area contributed by atoms with Crippen molar-refractivity contribution < 1.29 is 5.11 Å². The topological polar surface area (TPSA) is 23.5 Å². The molecule has 1 aromatic carbocycles. The smallest absolute Gasteiger partial charge is 0.0916 e. The fourth-order valence-corrected chi connectivity index (χ4v) is 2.89. The van der Waals surface area contributed by atoms with Gasteiger partial charge in [-0.15, -0.1) is 0 Å². The van der Waals surface area contributed by atoms with Crippen LogP contribution in [0.2, 0.25) is 0 Å². The molecule has 1 aliphatic rings. The summed E-state index contributed by atoms with van der Waals surface area (Å²) in [7, 11) is 2.15. The molecule has 100 valence electrons. The van der Waals surface area contributed by atoms with Crippen LogP contribution < -0.4 is 0 Å². The number of likely N-dealkylation sites (N-methyl/N-ethyl adjacent to an activating group) is 1. The van der Waals surface area contributed by atoms with E-state index in [9.17, 15) is 5.11 Å². The van der Waals surface area contributed by atoms with Crippen molar-refractivity contribution in [1.29, 1.82) is 0 Å². The molecular formula is C16H25NO. The standard InChI is InChI=1S/C16H25NO/c1-13-8-10-15(11-9-13)17(2)12-16(18)14-6-4-3-5-7-14/h3-7,13,15-16,18H,8-12H2,1-2H3. The lowest BCUT2D eigenvalue weighted by Crippen LogP contribution is -2.37. The molecule has 1 unspecified atom stereocenters. The number of rotatable bonds is 4. The van der Waals surface area contributed by atoms with Crippen molar-refractivity contribution in [3.8, 4) is 0 Å². The van der Waals surface area contributed by atoms with Crippen LogP contribution in [0.4, 0.5) is 0 Å². The van der Waals surface area contributed by atoms with Crippen LogP contribution in [0.25, 0.3) is 0 Å². The van der Waals surface area contributed by atoms with Crippen molar-refractivity contribution in [3.05, 3.63) is 35.9 Å². The number of hydrogen-bond donors (Lipinski definition) is 1. The van der Waals surface area contributed by atoms with Crippen LogP contribution in [0.1, 0.15) is 44.3 Å². The summed E-state index contributed by atoms with van der Waals surface area (Å²) in [6.45, 7) is 3.08. The van der Waals surface area contributed by atoms with Crippen LogP contribution in [0.15, 0.2) is 30.3 Å². The predicted molar refractivity (Wildman–Crippen MR) is 75.5 cm³/mol. The molecular weight excluding hydrogens is 222 g/mol. The van der Waals surface area contributed by atoms with Crippen LogP contribution >= 0.6 is 0 Å². The monoisotopic (exact) mass is 247 g/mol. The van der Waals surface area contributed by atoms with E-state index in [-0.39, 0.29) is 6.10 Å². The van der Waals surface area contributed by atoms with Crippen LogP contribution in [-0.2, 0) is 0 Å². The van der Waals surface area contributed by atoms with Crippen molar-refractivity contribution >= 4 is 0 Å². The Balaban J connectivity index is 1.85. The quantitative estimate of drug-likeness (QED) is 0.883. The molecule has 0 saturated heterocycles. The summed E-state index contributed by atoms with van der Waals surface area (Å²) in [4.78, 5) is 2.34. The van der Waals surface area contributed by atoms with Gasteiger partial charge in [0.2, 0.25) is 0 Å². The summed E-state index contributed by atoms with van der Waals surface area (Å²) >= 11 is 0. The Morgan fingerprint density at radius 3 is 2.39 bits per heavy atom. The Morgan fingerprint density at radius 1 is 1.17 bits per heavy atom. The third-order valence-corrected chi connectivity index (χ3v) is 4.25. The van der Waals surface area contributed by atoms with E-state index in [4.69, 9.17) is 0 Å². The van der Waals surface area contributed by atoms with Gasteiger partial charge in [0.1, 0.15) is 0 Å². The maximum Gasteiger partial charge on any atom is 0.0916 e. The molecule has 18 heavy (non-hydrogen) atoms. The van der Waals surface area contributed by atoms with E-state index in [1.807, 2.05) is 30.3 Å². The van der Waals surface area contributed by atoms with E-state index in [0.29, 0.717) is 6.04 Å². The highest BCUT2D eigenvalue weighted by atomic mass is 16.3. The number of hydrogen-bond acceptors (Lipinski definition) is 2. The average Bonchev–Trinajstić information content (AvgIpc) is 2.40. The first-order chi connectivity index (χ1) is 8.66. The molecule has 1 aliphatic carbocycles. The first-order valence-corrected chi connectivity index (χ1v) is 7.10. The van der Waals surface area contributed by atoms with E-state index >= 15 is 0 Å². The molecule has 1 N–H and O–H groups in total. The van der Waals surface area contributed by atoms with Gasteiger partial charge in [-0.25, -0.2) is 0 Å². The summed E-state index contributed by atoms with van der Waals surface area (Å²) in [6.07, 6.45) is 4.85. The second kappa shape index (κ2) is 6.35. The molecule has 1 saturated carbocycles. The van der Waals surface area contributed by atoms with Crippen LogP contribution in [0.5, 0.6) is 0 Å². The summed E-state index contributed by atoms with van der Waals surface area (Å²) in [5.41, 5.74) is 1.02. The van der Waals surface area contributed by atoms with E-state index < -0.39 is 0 Å². The van der Waals surface area contributed by atoms with Crippen LogP contribution in [-0.4, -0.2) is 29.6 Å². The maximum absolute atomic E-state index is 10.2. The molecule has 1 aromatic rings. The molecule has 0 radical (unpaired) electrons. The number of nitrogens with zero attached hydrogens (tertiary/aromatic N) is 1. The third kappa shape index (κ3) is 3.56. The van der Waals surface area contributed by atoms with Gasteiger partial charge in [0, 0.05) is 12.6 Å². The van der Waals surface area contributed by atoms with Crippen LogP contribution in [0.3, 0.4) is 0 Å². The lowest BCUT2D eigenvalue weighted by atomic mass is 9.86. The molecule has 2 nitrogen and oxygen atoms in total. The Bertz CT molecular complexity index is 343. The van der Waals surface area contributed by atoms with Crippen molar-refractivity contribution in [2.75, 3.05) is 13.6 Å². The summed E-state index contributed by atoms with van der Waals surface area (Å²) in [6, 6.07) is 10.6. The molecule has 0 spiro atoms. The van der Waals surface area contributed by atoms with Gasteiger partial charge in [-0.3, -0.25) is 0 Å². The SMILES string of the molecule is CC1CCC(N(C)CC(O)c2ccccc2)CC1. The fraction of sp³-hybridized carbons (Fsp3) is 0.625. The Morgan fingerprint density at radius 2 is 1.78 bits per heavy atom. The van der Waals surface area contributed by atoms with Gasteiger partial charge in [-0.1, -0.05) is 37.3 Å². The maximum atomic E-state index is 10.2. The van der Waals surface area contributed by atoms with E-state index in [1.54, 1.807) is 0 Å². The highest BCUT2D eigenvalue weighted by Gasteiger charge is 2.23. The molecule has 0 amide bonds. The van der Waals surface area contributed by atoms with Gasteiger partial charge in [-0.2, -0.15) is 0 Å². The second-order valence-electron chi connectivity index (χ2n) is 5.78. The molecule has 0 aliphatic heterocycles. The lowest BCUT2D eigenvalue weighted by molar-refractivity contribution is 0.0857. The first kappa shape index (κ1) is 13.6. The van der Waals surface area contributed by atoms with Gasteiger partial charge in [0.05, 0.1) is 6.10 Å². The van der Waals surface area contributed by atoms with Crippen molar-refractivity contribution in [3.63, 3.8) is 0 Å². The van der Waals surface area contributed by atoms with Gasteiger partial charge in [-0.05, 0) is 44.2 Å². The van der Waals surface area contributed by atoms with Crippen molar-refractivity contribution in [1.82, 2.24) is 4.90 Å². The molecule has 1 atom stereocenters. The zero-order valence-corrected chi connectivity index (χ0v) is 11.5. The Hall–Kier alpha value is -0.860. The Kier molecular flexibility index (Phi) is 4.79. The van der Waals surface area contributed by atoms with Gasteiger partial charge in [0.15, 0.2) is 0 Å². The lowest BCUT2D eigenvalue weighted by Gasteiger charge is -2.34. The number of aliphatic hydroxyl groups is 1. The Labute approximate surface area is 111 Å². The summed E-state index contributed by atoms with van der Waals surface area (Å²) in [5, 5.41) is 10.2. The molecule has 0 bridgehead atoms. The van der Waals surface area contributed by atoms with E-state index in [1.165, 1.54) is 25.7 Å². The minimum Gasteiger partial charge on any atom is -0.387 e. The molecule has 1 fully saturated rings. The average molecular weight is 247 g/mol. The third-order valence-electron chi connectivity index (χ3n) is 4.25. The predicted octanol–water partition coefficient (Wildman–Crippen LogP) is 3.23. The minimum absolute atomic E-state index is 0.365. The fourth-order valence-electron chi connectivity index (χ4n) is 2.89. The normalized spacial score (nSPS) is 26.2. The second-order valence-corrected chi connectivity index (χ2v) is 5.78. The zero-order chi connectivity index (χ0) is 13.0. The zero-order valence-electron chi connectivity index (χ0n) is 11.5. The first-order valence-electron chi connectivity index (χ1n) is 7.10.